The Labute approximate surface area is 164 Å². The van der Waals surface area contributed by atoms with Gasteiger partial charge in [-0.05, 0) is 35.2 Å². The van der Waals surface area contributed by atoms with Crippen molar-refractivity contribution in [3.05, 3.63) is 45.0 Å². The molecule has 144 valence electrons. The monoisotopic (exact) mass is 421 g/mol. The standard InChI is InChI=1S/C15H11N5O6S2/c1-8(21)19-15(22)18(9-2-3-10-11(6-9)26-5-4-25-10)13(17-19)28-14-16-7-12(27-14)20(23)24/h2-3,6-7H,4-5H2,1H3. The fourth-order valence-corrected chi connectivity index (χ4v) is 4.24. The van der Waals surface area contributed by atoms with E-state index in [9.17, 15) is 19.7 Å². The molecule has 1 aromatic carbocycles. The van der Waals surface area contributed by atoms with E-state index in [4.69, 9.17) is 9.47 Å². The second kappa shape index (κ2) is 7.09. The van der Waals surface area contributed by atoms with Gasteiger partial charge in [-0.15, -0.1) is 9.78 Å². The van der Waals surface area contributed by atoms with Crippen molar-refractivity contribution in [2.45, 2.75) is 16.4 Å². The summed E-state index contributed by atoms with van der Waals surface area (Å²) in [6.07, 6.45) is 1.13. The highest BCUT2D eigenvalue weighted by Gasteiger charge is 2.22. The number of carbonyl (C=O) groups excluding carboxylic acids is 1. The van der Waals surface area contributed by atoms with Gasteiger partial charge >= 0.3 is 10.7 Å². The number of carbonyl (C=O) groups is 1. The van der Waals surface area contributed by atoms with E-state index in [-0.39, 0.29) is 10.2 Å². The number of ether oxygens (including phenoxy) is 2. The Morgan fingerprint density at radius 1 is 1.32 bits per heavy atom. The van der Waals surface area contributed by atoms with Crippen molar-refractivity contribution in [2.75, 3.05) is 13.2 Å². The lowest BCUT2D eigenvalue weighted by Gasteiger charge is -2.19. The van der Waals surface area contributed by atoms with Crippen molar-refractivity contribution in [3.63, 3.8) is 0 Å². The van der Waals surface area contributed by atoms with Gasteiger partial charge in [0, 0.05) is 13.0 Å². The second-order valence-corrected chi connectivity index (χ2v) is 7.71. The predicted molar refractivity (Wildman–Crippen MR) is 98.0 cm³/mol. The number of hydrogen-bond acceptors (Lipinski definition) is 10. The van der Waals surface area contributed by atoms with E-state index in [2.05, 4.69) is 10.1 Å². The molecule has 2 aromatic heterocycles. The smallest absolute Gasteiger partial charge is 0.358 e. The van der Waals surface area contributed by atoms with Gasteiger partial charge in [0.05, 0.1) is 10.6 Å². The van der Waals surface area contributed by atoms with Crippen molar-refractivity contribution in [1.82, 2.24) is 19.3 Å². The van der Waals surface area contributed by atoms with Gasteiger partial charge in [0.15, 0.2) is 15.8 Å². The first kappa shape index (κ1) is 18.2. The van der Waals surface area contributed by atoms with Crippen LogP contribution in [-0.4, -0.2) is 43.4 Å². The zero-order valence-electron chi connectivity index (χ0n) is 14.2. The largest absolute Gasteiger partial charge is 0.486 e. The molecule has 4 rings (SSSR count). The Morgan fingerprint density at radius 3 is 2.75 bits per heavy atom. The van der Waals surface area contributed by atoms with E-state index in [1.54, 1.807) is 18.2 Å². The molecule has 11 nitrogen and oxygen atoms in total. The average Bonchev–Trinajstić information content (AvgIpc) is 3.26. The van der Waals surface area contributed by atoms with Gasteiger partial charge in [-0.3, -0.25) is 14.9 Å². The molecule has 0 atom stereocenters. The number of fused-ring (bicyclic) bond motifs is 1. The average molecular weight is 421 g/mol. The van der Waals surface area contributed by atoms with E-state index >= 15 is 0 Å². The van der Waals surface area contributed by atoms with Crippen LogP contribution in [0.2, 0.25) is 0 Å². The van der Waals surface area contributed by atoms with Crippen LogP contribution >= 0.6 is 23.1 Å². The van der Waals surface area contributed by atoms with Crippen LogP contribution in [0.15, 0.2) is 38.7 Å². The molecule has 0 N–H and O–H groups in total. The van der Waals surface area contributed by atoms with Crippen molar-refractivity contribution < 1.29 is 19.2 Å². The van der Waals surface area contributed by atoms with Crippen LogP contribution < -0.4 is 15.2 Å². The minimum atomic E-state index is -0.669. The van der Waals surface area contributed by atoms with Gasteiger partial charge in [-0.25, -0.2) is 14.3 Å². The lowest BCUT2D eigenvalue weighted by atomic mass is 10.2. The summed E-state index contributed by atoms with van der Waals surface area (Å²) in [7, 11) is 0. The number of thiazole rings is 1. The number of nitro groups is 1. The molecule has 0 saturated heterocycles. The van der Waals surface area contributed by atoms with E-state index in [0.717, 1.165) is 34.0 Å². The molecule has 0 fully saturated rings. The van der Waals surface area contributed by atoms with Crippen molar-refractivity contribution >= 4 is 34.0 Å². The van der Waals surface area contributed by atoms with Gasteiger partial charge in [0.2, 0.25) is 11.1 Å². The van der Waals surface area contributed by atoms with Crippen LogP contribution in [0.3, 0.4) is 0 Å². The second-order valence-electron chi connectivity index (χ2n) is 5.48. The van der Waals surface area contributed by atoms with Crippen LogP contribution in [0, 0.1) is 10.1 Å². The highest BCUT2D eigenvalue weighted by Crippen LogP contribution is 2.36. The molecule has 1 aliphatic heterocycles. The molecular formula is C15H11N5O6S2. The third-order valence-electron chi connectivity index (χ3n) is 3.66. The quantitative estimate of drug-likeness (QED) is 0.458. The first-order valence-electron chi connectivity index (χ1n) is 7.85. The summed E-state index contributed by atoms with van der Waals surface area (Å²) < 4.78 is 13.3. The molecule has 0 saturated carbocycles. The highest BCUT2D eigenvalue weighted by molar-refractivity contribution is 8.00. The van der Waals surface area contributed by atoms with E-state index < -0.39 is 16.5 Å². The first-order valence-corrected chi connectivity index (χ1v) is 9.48. The predicted octanol–water partition coefficient (Wildman–Crippen LogP) is 1.98. The minimum Gasteiger partial charge on any atom is -0.486 e. The van der Waals surface area contributed by atoms with Crippen LogP contribution in [-0.2, 0) is 0 Å². The summed E-state index contributed by atoms with van der Waals surface area (Å²) in [5.41, 5.74) is -0.256. The number of aromatic nitrogens is 4. The Morgan fingerprint density at radius 2 is 2.07 bits per heavy atom. The number of nitrogens with zero attached hydrogens (tertiary/aromatic N) is 5. The first-order chi connectivity index (χ1) is 13.4. The Bertz CT molecular complexity index is 1150. The van der Waals surface area contributed by atoms with Crippen molar-refractivity contribution in [2.24, 2.45) is 0 Å². The molecule has 28 heavy (non-hydrogen) atoms. The zero-order chi connectivity index (χ0) is 19.8. The zero-order valence-corrected chi connectivity index (χ0v) is 15.9. The molecule has 3 heterocycles. The number of benzene rings is 1. The number of hydrogen-bond donors (Lipinski definition) is 0. The van der Waals surface area contributed by atoms with Crippen LogP contribution in [0.25, 0.3) is 5.69 Å². The van der Waals surface area contributed by atoms with Gasteiger partial charge in [-0.1, -0.05) is 0 Å². The molecule has 1 aliphatic rings. The van der Waals surface area contributed by atoms with Crippen molar-refractivity contribution in [1.29, 1.82) is 0 Å². The van der Waals surface area contributed by atoms with Crippen molar-refractivity contribution in [3.8, 4) is 17.2 Å². The summed E-state index contributed by atoms with van der Waals surface area (Å²) in [6.45, 7) is 2.02. The van der Waals surface area contributed by atoms with Crippen LogP contribution in [0.1, 0.15) is 11.7 Å². The molecule has 0 amide bonds. The maximum Gasteiger partial charge on any atom is 0.358 e. The maximum atomic E-state index is 12.7. The maximum absolute atomic E-state index is 12.7. The molecule has 0 radical (unpaired) electrons. The normalized spacial score (nSPS) is 12.8. The molecule has 13 heteroatoms. The molecular weight excluding hydrogens is 410 g/mol. The molecule has 0 spiro atoms. The van der Waals surface area contributed by atoms with Gasteiger partial charge in [0.25, 0.3) is 0 Å². The molecule has 0 aliphatic carbocycles. The van der Waals surface area contributed by atoms with E-state index in [1.165, 1.54) is 11.5 Å². The third kappa shape index (κ3) is 3.25. The molecule has 0 unspecified atom stereocenters. The summed E-state index contributed by atoms with van der Waals surface area (Å²) in [5, 5.41) is 14.9. The van der Waals surface area contributed by atoms with Gasteiger partial charge < -0.3 is 9.47 Å². The van der Waals surface area contributed by atoms with Crippen LogP contribution in [0.5, 0.6) is 11.5 Å². The Hall–Kier alpha value is -3.19. The lowest BCUT2D eigenvalue weighted by molar-refractivity contribution is -0.380. The van der Waals surface area contributed by atoms with E-state index in [0.29, 0.717) is 34.7 Å². The third-order valence-corrected chi connectivity index (χ3v) is 5.63. The summed E-state index contributed by atoms with van der Waals surface area (Å²) >= 11 is 1.79. The fourth-order valence-electron chi connectivity index (χ4n) is 2.47. The number of rotatable bonds is 4. The lowest BCUT2D eigenvalue weighted by Crippen LogP contribution is -2.27. The Kier molecular flexibility index (Phi) is 4.60. The van der Waals surface area contributed by atoms with Crippen LogP contribution in [0.4, 0.5) is 5.00 Å². The van der Waals surface area contributed by atoms with E-state index in [1.807, 2.05) is 0 Å². The fraction of sp³-hybridized carbons (Fsp3) is 0.200. The SMILES string of the molecule is CC(=O)n1nc(Sc2ncc([N+](=O)[O-])s2)n(-c2ccc3c(c2)OCCO3)c1=O. The summed E-state index contributed by atoms with van der Waals surface area (Å²) in [4.78, 5) is 38.8. The Balaban J connectivity index is 1.80. The summed E-state index contributed by atoms with van der Waals surface area (Å²) in [5.74, 6) is 0.451. The van der Waals surface area contributed by atoms with Gasteiger partial charge in [-0.2, -0.15) is 0 Å². The highest BCUT2D eigenvalue weighted by atomic mass is 32.2. The molecule has 0 bridgehead atoms. The minimum absolute atomic E-state index is 0.137. The van der Waals surface area contributed by atoms with Gasteiger partial charge in [0.1, 0.15) is 19.4 Å². The topological polar surface area (TPSA) is 131 Å². The molecule has 3 aromatic rings. The summed E-state index contributed by atoms with van der Waals surface area (Å²) in [6, 6.07) is 4.90.